The van der Waals surface area contributed by atoms with E-state index in [9.17, 15) is 9.59 Å². The van der Waals surface area contributed by atoms with Crippen LogP contribution < -0.4 is 0 Å². The first-order valence-electron chi connectivity index (χ1n) is 7.71. The quantitative estimate of drug-likeness (QED) is 0.843. The van der Waals surface area contributed by atoms with Crippen LogP contribution in [0.25, 0.3) is 0 Å². The van der Waals surface area contributed by atoms with Gasteiger partial charge in [-0.3, -0.25) is 9.69 Å². The fourth-order valence-electron chi connectivity index (χ4n) is 3.46. The Morgan fingerprint density at radius 2 is 1.91 bits per heavy atom. The van der Waals surface area contributed by atoms with Crippen molar-refractivity contribution in [3.8, 4) is 0 Å². The molecule has 1 aromatic carbocycles. The number of rotatable bonds is 5. The van der Waals surface area contributed by atoms with Gasteiger partial charge in [-0.15, -0.1) is 0 Å². The molecule has 3 rings (SSSR count). The summed E-state index contributed by atoms with van der Waals surface area (Å²) in [5.74, 6) is 0.0536. The third kappa shape index (κ3) is 3.14. The minimum Gasteiger partial charge on any atom is -0.478 e. The fraction of sp³-hybridized carbons (Fsp3) is 0.529. The number of hydrogen-bond acceptors (Lipinski definition) is 4. The molecule has 5 nitrogen and oxygen atoms in total. The van der Waals surface area contributed by atoms with Gasteiger partial charge in [0.15, 0.2) is 0 Å². The van der Waals surface area contributed by atoms with E-state index in [4.69, 9.17) is 9.84 Å². The average molecular weight is 303 g/mol. The SMILES string of the molecule is COC(=O)[C@H]1CN(Cc2ccc(C(=O)O)cc2)C[C@@H]1C1CC1. The highest BCUT2D eigenvalue weighted by atomic mass is 16.5. The molecule has 0 spiro atoms. The molecule has 2 atom stereocenters. The summed E-state index contributed by atoms with van der Waals surface area (Å²) in [7, 11) is 1.46. The highest BCUT2D eigenvalue weighted by Crippen LogP contribution is 2.44. The zero-order valence-electron chi connectivity index (χ0n) is 12.7. The Hall–Kier alpha value is -1.88. The van der Waals surface area contributed by atoms with Gasteiger partial charge in [-0.25, -0.2) is 4.79 Å². The smallest absolute Gasteiger partial charge is 0.335 e. The first-order valence-corrected chi connectivity index (χ1v) is 7.71. The van der Waals surface area contributed by atoms with E-state index < -0.39 is 5.97 Å². The molecule has 1 heterocycles. The van der Waals surface area contributed by atoms with E-state index in [1.54, 1.807) is 12.1 Å². The third-order valence-corrected chi connectivity index (χ3v) is 4.78. The van der Waals surface area contributed by atoms with Crippen LogP contribution in [0.5, 0.6) is 0 Å². The van der Waals surface area contributed by atoms with Gasteiger partial charge < -0.3 is 9.84 Å². The molecule has 0 unspecified atom stereocenters. The predicted molar refractivity (Wildman–Crippen MR) is 80.4 cm³/mol. The number of carboxylic acids is 1. The van der Waals surface area contributed by atoms with E-state index in [2.05, 4.69) is 4.90 Å². The monoisotopic (exact) mass is 303 g/mol. The Bertz CT molecular complexity index is 565. The summed E-state index contributed by atoms with van der Waals surface area (Å²) in [6, 6.07) is 6.95. The largest absolute Gasteiger partial charge is 0.478 e. The van der Waals surface area contributed by atoms with Crippen molar-refractivity contribution in [2.24, 2.45) is 17.8 Å². The number of carbonyl (C=O) groups excluding carboxylic acids is 1. The lowest BCUT2D eigenvalue weighted by Gasteiger charge is -2.15. The topological polar surface area (TPSA) is 66.8 Å². The lowest BCUT2D eigenvalue weighted by atomic mass is 9.92. The molecule has 5 heteroatoms. The zero-order chi connectivity index (χ0) is 15.7. The van der Waals surface area contributed by atoms with Gasteiger partial charge >= 0.3 is 11.9 Å². The number of ether oxygens (including phenoxy) is 1. The number of benzene rings is 1. The standard InChI is InChI=1S/C17H21NO4/c1-22-17(21)15-10-18(9-14(15)12-6-7-12)8-11-2-4-13(5-3-11)16(19)20/h2-5,12,14-15H,6-10H2,1H3,(H,19,20)/t14-,15+/m1/s1. The second kappa shape index (κ2) is 6.08. The summed E-state index contributed by atoms with van der Waals surface area (Å²) in [6.07, 6.45) is 2.44. The van der Waals surface area contributed by atoms with Crippen molar-refractivity contribution in [3.63, 3.8) is 0 Å². The first-order chi connectivity index (χ1) is 10.6. The van der Waals surface area contributed by atoms with Gasteiger partial charge in [0.2, 0.25) is 0 Å². The molecule has 1 saturated heterocycles. The summed E-state index contributed by atoms with van der Waals surface area (Å²) in [4.78, 5) is 25.1. The van der Waals surface area contributed by atoms with Crippen molar-refractivity contribution in [2.45, 2.75) is 19.4 Å². The zero-order valence-corrected chi connectivity index (χ0v) is 12.7. The molecule has 1 N–H and O–H groups in total. The third-order valence-electron chi connectivity index (χ3n) is 4.78. The Kier molecular flexibility index (Phi) is 4.16. The molecule has 118 valence electrons. The highest BCUT2D eigenvalue weighted by Gasteiger charge is 2.45. The molecule has 1 saturated carbocycles. The van der Waals surface area contributed by atoms with Crippen LogP contribution in [0.15, 0.2) is 24.3 Å². The minimum atomic E-state index is -0.910. The molecule has 2 fully saturated rings. The van der Waals surface area contributed by atoms with Gasteiger partial charge in [0.25, 0.3) is 0 Å². The average Bonchev–Trinajstić information content (AvgIpc) is 3.28. The van der Waals surface area contributed by atoms with Gasteiger partial charge in [0.1, 0.15) is 0 Å². The number of carbonyl (C=O) groups is 2. The predicted octanol–water partition coefficient (Wildman–Crippen LogP) is 2.02. The molecule has 0 radical (unpaired) electrons. The number of hydrogen-bond donors (Lipinski definition) is 1. The van der Waals surface area contributed by atoms with E-state index in [1.165, 1.54) is 20.0 Å². The lowest BCUT2D eigenvalue weighted by molar-refractivity contribution is -0.146. The van der Waals surface area contributed by atoms with E-state index >= 15 is 0 Å². The van der Waals surface area contributed by atoms with Crippen molar-refractivity contribution < 1.29 is 19.4 Å². The van der Waals surface area contributed by atoms with E-state index in [0.29, 0.717) is 17.4 Å². The maximum atomic E-state index is 12.0. The van der Waals surface area contributed by atoms with Crippen LogP contribution in [0.4, 0.5) is 0 Å². The molecule has 1 aromatic rings. The number of aromatic carboxylic acids is 1. The minimum absolute atomic E-state index is 0.0178. The summed E-state index contributed by atoms with van der Waals surface area (Å²) < 4.78 is 4.95. The van der Waals surface area contributed by atoms with E-state index in [1.807, 2.05) is 12.1 Å². The molecular formula is C17H21NO4. The number of nitrogens with zero attached hydrogens (tertiary/aromatic N) is 1. The summed E-state index contributed by atoms with van der Waals surface area (Å²) >= 11 is 0. The first kappa shape index (κ1) is 15.0. The number of methoxy groups -OCH3 is 1. The normalized spacial score (nSPS) is 25.1. The lowest BCUT2D eigenvalue weighted by Crippen LogP contribution is -2.25. The molecule has 0 amide bonds. The van der Waals surface area contributed by atoms with Crippen LogP contribution in [-0.4, -0.2) is 42.1 Å². The molecule has 2 aliphatic rings. The van der Waals surface area contributed by atoms with Crippen molar-refractivity contribution in [1.29, 1.82) is 0 Å². The van der Waals surface area contributed by atoms with Gasteiger partial charge in [0.05, 0.1) is 18.6 Å². The summed E-state index contributed by atoms with van der Waals surface area (Å²) in [5, 5.41) is 8.92. The molecule has 0 aromatic heterocycles. The number of carboxylic acid groups (broad SMARTS) is 1. The van der Waals surface area contributed by atoms with E-state index in [-0.39, 0.29) is 11.9 Å². The Labute approximate surface area is 129 Å². The van der Waals surface area contributed by atoms with Crippen molar-refractivity contribution in [3.05, 3.63) is 35.4 Å². The Morgan fingerprint density at radius 3 is 2.45 bits per heavy atom. The van der Waals surface area contributed by atoms with Crippen molar-refractivity contribution in [2.75, 3.05) is 20.2 Å². The number of likely N-dealkylation sites (tertiary alicyclic amines) is 1. The Balaban J connectivity index is 1.65. The molecule has 1 aliphatic carbocycles. The maximum absolute atomic E-state index is 12.0. The van der Waals surface area contributed by atoms with E-state index in [0.717, 1.165) is 25.2 Å². The van der Waals surface area contributed by atoms with Crippen LogP contribution in [0.2, 0.25) is 0 Å². The van der Waals surface area contributed by atoms with Crippen LogP contribution in [0.3, 0.4) is 0 Å². The second-order valence-electron chi connectivity index (χ2n) is 6.33. The molecule has 1 aliphatic heterocycles. The van der Waals surface area contributed by atoms with Crippen LogP contribution in [0.1, 0.15) is 28.8 Å². The molecular weight excluding hydrogens is 282 g/mol. The van der Waals surface area contributed by atoms with Crippen LogP contribution >= 0.6 is 0 Å². The van der Waals surface area contributed by atoms with Crippen LogP contribution in [0, 0.1) is 17.8 Å². The summed E-state index contributed by atoms with van der Waals surface area (Å²) in [5.41, 5.74) is 1.37. The fourth-order valence-corrected chi connectivity index (χ4v) is 3.46. The maximum Gasteiger partial charge on any atom is 0.335 e. The summed E-state index contributed by atoms with van der Waals surface area (Å²) in [6.45, 7) is 2.40. The van der Waals surface area contributed by atoms with Gasteiger partial charge in [-0.2, -0.15) is 0 Å². The van der Waals surface area contributed by atoms with Gasteiger partial charge in [0, 0.05) is 19.6 Å². The highest BCUT2D eigenvalue weighted by molar-refractivity contribution is 5.87. The van der Waals surface area contributed by atoms with Crippen molar-refractivity contribution >= 4 is 11.9 Å². The number of esters is 1. The Morgan fingerprint density at radius 1 is 1.23 bits per heavy atom. The van der Waals surface area contributed by atoms with Gasteiger partial charge in [-0.05, 0) is 42.4 Å². The molecule has 0 bridgehead atoms. The second-order valence-corrected chi connectivity index (χ2v) is 6.33. The van der Waals surface area contributed by atoms with Gasteiger partial charge in [-0.1, -0.05) is 12.1 Å². The molecule has 22 heavy (non-hydrogen) atoms. The van der Waals surface area contributed by atoms with Crippen LogP contribution in [-0.2, 0) is 16.1 Å². The van der Waals surface area contributed by atoms with Crippen molar-refractivity contribution in [1.82, 2.24) is 4.90 Å².